The molecule has 8 heteroatoms. The largest absolute Gasteiger partial charge is 0.492 e. The lowest BCUT2D eigenvalue weighted by atomic mass is 10.2. The molecule has 0 spiro atoms. The van der Waals surface area contributed by atoms with Gasteiger partial charge in [0.1, 0.15) is 12.3 Å². The third-order valence-corrected chi connectivity index (χ3v) is 4.35. The van der Waals surface area contributed by atoms with Gasteiger partial charge in [0.2, 0.25) is 5.91 Å². The first kappa shape index (κ1) is 20.1. The number of carbonyl (C=O) groups excluding carboxylic acids is 2. The summed E-state index contributed by atoms with van der Waals surface area (Å²) < 4.78 is 6.92. The molecule has 0 aliphatic carbocycles. The second-order valence-corrected chi connectivity index (χ2v) is 6.43. The van der Waals surface area contributed by atoms with E-state index in [1.165, 1.54) is 4.68 Å². The first-order chi connectivity index (χ1) is 14.0. The smallest absolute Gasteiger partial charge is 0.278 e. The zero-order valence-electron chi connectivity index (χ0n) is 16.6. The molecule has 1 heterocycles. The highest BCUT2D eigenvalue weighted by Gasteiger charge is 2.19. The quantitative estimate of drug-likeness (QED) is 0.642. The van der Waals surface area contributed by atoms with Gasteiger partial charge in [0, 0.05) is 5.69 Å². The zero-order chi connectivity index (χ0) is 20.8. The Labute approximate surface area is 168 Å². The lowest BCUT2D eigenvalue weighted by Gasteiger charge is -2.11. The van der Waals surface area contributed by atoms with Gasteiger partial charge in [0.15, 0.2) is 5.69 Å². The molecular formula is C21H23N5O3. The van der Waals surface area contributed by atoms with E-state index in [4.69, 9.17) is 4.74 Å². The van der Waals surface area contributed by atoms with Crippen molar-refractivity contribution in [2.45, 2.75) is 27.3 Å². The van der Waals surface area contributed by atoms with Crippen molar-refractivity contribution in [3.8, 4) is 5.75 Å². The van der Waals surface area contributed by atoms with Gasteiger partial charge in [-0.25, -0.2) is 4.68 Å². The van der Waals surface area contributed by atoms with Gasteiger partial charge >= 0.3 is 0 Å². The third-order valence-electron chi connectivity index (χ3n) is 4.35. The molecule has 2 N–H and O–H groups in total. The van der Waals surface area contributed by atoms with E-state index in [1.807, 2.05) is 44.2 Å². The number of para-hydroxylation sites is 3. The Morgan fingerprint density at radius 3 is 2.41 bits per heavy atom. The Kier molecular flexibility index (Phi) is 6.23. The fourth-order valence-corrected chi connectivity index (χ4v) is 2.79. The number of amides is 2. The van der Waals surface area contributed by atoms with E-state index in [2.05, 4.69) is 20.9 Å². The van der Waals surface area contributed by atoms with Crippen LogP contribution in [0.5, 0.6) is 5.75 Å². The summed E-state index contributed by atoms with van der Waals surface area (Å²) in [6.07, 6.45) is 0. The molecular weight excluding hydrogens is 370 g/mol. The summed E-state index contributed by atoms with van der Waals surface area (Å²) in [7, 11) is 0. The molecule has 2 amide bonds. The van der Waals surface area contributed by atoms with Gasteiger partial charge < -0.3 is 15.4 Å². The average molecular weight is 393 g/mol. The summed E-state index contributed by atoms with van der Waals surface area (Å²) in [6, 6.07) is 14.7. The predicted octanol–water partition coefficient (Wildman–Crippen LogP) is 3.18. The molecule has 0 unspecified atom stereocenters. The predicted molar refractivity (Wildman–Crippen MR) is 110 cm³/mol. The summed E-state index contributed by atoms with van der Waals surface area (Å²) in [4.78, 5) is 25.0. The molecule has 3 rings (SSSR count). The minimum absolute atomic E-state index is 0.0457. The molecule has 150 valence electrons. The highest BCUT2D eigenvalue weighted by atomic mass is 16.5. The number of benzene rings is 2. The van der Waals surface area contributed by atoms with Crippen LogP contribution in [-0.4, -0.2) is 33.4 Å². The van der Waals surface area contributed by atoms with Crippen LogP contribution in [0.1, 0.15) is 28.7 Å². The molecule has 0 saturated heterocycles. The van der Waals surface area contributed by atoms with Crippen molar-refractivity contribution in [2.24, 2.45) is 0 Å². The van der Waals surface area contributed by atoms with Crippen LogP contribution in [0.25, 0.3) is 0 Å². The number of hydrogen-bond acceptors (Lipinski definition) is 5. The van der Waals surface area contributed by atoms with Gasteiger partial charge in [0.25, 0.3) is 5.91 Å². The van der Waals surface area contributed by atoms with Crippen LogP contribution in [0.3, 0.4) is 0 Å². The molecule has 0 fully saturated rings. The Balaban J connectivity index is 1.70. The first-order valence-corrected chi connectivity index (χ1v) is 9.28. The number of aryl methyl sites for hydroxylation is 1. The van der Waals surface area contributed by atoms with Crippen molar-refractivity contribution in [1.29, 1.82) is 0 Å². The van der Waals surface area contributed by atoms with Crippen LogP contribution >= 0.6 is 0 Å². The molecule has 3 aromatic rings. The summed E-state index contributed by atoms with van der Waals surface area (Å²) in [5.41, 5.74) is 2.90. The molecule has 0 aliphatic rings. The maximum Gasteiger partial charge on any atom is 0.278 e. The number of carbonyl (C=O) groups is 2. The standard InChI is InChI=1S/C21H23N5O3/c1-4-29-18-12-8-7-11-17(18)23-21(28)20-15(3)26(25-24-20)13-19(27)22-16-10-6-5-9-14(16)2/h5-12H,4,13H2,1-3H3,(H,22,27)(H,23,28). The highest BCUT2D eigenvalue weighted by molar-refractivity contribution is 6.04. The third kappa shape index (κ3) is 4.78. The van der Waals surface area contributed by atoms with Crippen molar-refractivity contribution in [2.75, 3.05) is 17.2 Å². The van der Waals surface area contributed by atoms with E-state index in [0.717, 1.165) is 11.3 Å². The fourth-order valence-electron chi connectivity index (χ4n) is 2.79. The van der Waals surface area contributed by atoms with Crippen molar-refractivity contribution < 1.29 is 14.3 Å². The van der Waals surface area contributed by atoms with Gasteiger partial charge in [-0.2, -0.15) is 0 Å². The monoisotopic (exact) mass is 393 g/mol. The van der Waals surface area contributed by atoms with Gasteiger partial charge in [-0.3, -0.25) is 9.59 Å². The summed E-state index contributed by atoms with van der Waals surface area (Å²) in [5.74, 6) is -0.0906. The van der Waals surface area contributed by atoms with Crippen molar-refractivity contribution in [3.05, 3.63) is 65.5 Å². The fraction of sp³-hybridized carbons (Fsp3) is 0.238. The Morgan fingerprint density at radius 1 is 1.00 bits per heavy atom. The minimum atomic E-state index is -0.416. The van der Waals surface area contributed by atoms with Crippen LogP contribution in [0.4, 0.5) is 11.4 Å². The lowest BCUT2D eigenvalue weighted by molar-refractivity contribution is -0.117. The zero-order valence-corrected chi connectivity index (χ0v) is 16.6. The van der Waals surface area contributed by atoms with Gasteiger partial charge in [-0.1, -0.05) is 35.5 Å². The van der Waals surface area contributed by atoms with E-state index in [0.29, 0.717) is 23.7 Å². The number of hydrogen-bond donors (Lipinski definition) is 2. The number of ether oxygens (including phenoxy) is 1. The second-order valence-electron chi connectivity index (χ2n) is 6.43. The Morgan fingerprint density at radius 2 is 1.69 bits per heavy atom. The molecule has 2 aromatic carbocycles. The van der Waals surface area contributed by atoms with Crippen LogP contribution < -0.4 is 15.4 Å². The topological polar surface area (TPSA) is 98.1 Å². The van der Waals surface area contributed by atoms with Crippen molar-refractivity contribution in [1.82, 2.24) is 15.0 Å². The van der Waals surface area contributed by atoms with E-state index in [-0.39, 0.29) is 18.1 Å². The van der Waals surface area contributed by atoms with E-state index >= 15 is 0 Å². The maximum absolute atomic E-state index is 12.6. The SMILES string of the molecule is CCOc1ccccc1NC(=O)c1nnn(CC(=O)Nc2ccccc2C)c1C. The minimum Gasteiger partial charge on any atom is -0.492 e. The maximum atomic E-state index is 12.6. The van der Waals surface area contributed by atoms with Gasteiger partial charge in [-0.05, 0) is 44.5 Å². The Bertz CT molecular complexity index is 1030. The van der Waals surface area contributed by atoms with Gasteiger partial charge in [-0.15, -0.1) is 5.10 Å². The number of anilines is 2. The molecule has 0 aliphatic heterocycles. The van der Waals surface area contributed by atoms with E-state index < -0.39 is 5.91 Å². The van der Waals surface area contributed by atoms with Crippen molar-refractivity contribution in [3.63, 3.8) is 0 Å². The molecule has 29 heavy (non-hydrogen) atoms. The van der Waals surface area contributed by atoms with Crippen LogP contribution in [0.2, 0.25) is 0 Å². The number of nitrogens with one attached hydrogen (secondary N) is 2. The molecule has 8 nitrogen and oxygen atoms in total. The molecule has 0 radical (unpaired) electrons. The van der Waals surface area contributed by atoms with Crippen LogP contribution in [-0.2, 0) is 11.3 Å². The van der Waals surface area contributed by atoms with Crippen LogP contribution in [0, 0.1) is 13.8 Å². The number of aromatic nitrogens is 3. The van der Waals surface area contributed by atoms with Gasteiger partial charge in [0.05, 0.1) is 18.0 Å². The van der Waals surface area contributed by atoms with E-state index in [9.17, 15) is 9.59 Å². The van der Waals surface area contributed by atoms with E-state index in [1.54, 1.807) is 25.1 Å². The summed E-state index contributed by atoms with van der Waals surface area (Å²) in [5, 5.41) is 13.5. The highest BCUT2D eigenvalue weighted by Crippen LogP contribution is 2.24. The lowest BCUT2D eigenvalue weighted by Crippen LogP contribution is -2.21. The number of nitrogens with zero attached hydrogens (tertiary/aromatic N) is 3. The van der Waals surface area contributed by atoms with Crippen LogP contribution in [0.15, 0.2) is 48.5 Å². The normalized spacial score (nSPS) is 10.4. The number of rotatable bonds is 7. The average Bonchev–Trinajstić information content (AvgIpc) is 3.06. The van der Waals surface area contributed by atoms with Crippen molar-refractivity contribution >= 4 is 23.2 Å². The second kappa shape index (κ2) is 9.01. The molecule has 0 bridgehead atoms. The molecule has 1 aromatic heterocycles. The molecule has 0 atom stereocenters. The first-order valence-electron chi connectivity index (χ1n) is 9.28. The summed E-state index contributed by atoms with van der Waals surface area (Å²) in [6.45, 7) is 5.92. The summed E-state index contributed by atoms with van der Waals surface area (Å²) >= 11 is 0. The molecule has 0 saturated carbocycles. The Hall–Kier alpha value is -3.68.